The largest absolute Gasteiger partial charge is 0.494 e. The van der Waals surface area contributed by atoms with Gasteiger partial charge >= 0.3 is 6.03 Å². The summed E-state index contributed by atoms with van der Waals surface area (Å²) in [5.41, 5.74) is 0.643. The smallest absolute Gasteiger partial charge is 0.315 e. The van der Waals surface area contributed by atoms with Gasteiger partial charge in [0.05, 0.1) is 13.2 Å². The Kier molecular flexibility index (Phi) is 6.08. The van der Waals surface area contributed by atoms with Crippen molar-refractivity contribution in [2.75, 3.05) is 13.7 Å². The molecule has 1 aromatic carbocycles. The minimum Gasteiger partial charge on any atom is -0.494 e. The average Bonchev–Trinajstić information content (AvgIpc) is 2.36. The summed E-state index contributed by atoms with van der Waals surface area (Å²) in [5, 5.41) is 14.2. The number of methoxy groups -OCH3 is 1. The van der Waals surface area contributed by atoms with Gasteiger partial charge in [0.2, 0.25) is 0 Å². The SMILES string of the molecule is COc1ccc(CNC(=O)NCCC(C)O)cc1F. The minimum absolute atomic E-state index is 0.171. The van der Waals surface area contributed by atoms with E-state index in [-0.39, 0.29) is 18.3 Å². The van der Waals surface area contributed by atoms with Crippen molar-refractivity contribution < 1.29 is 19.0 Å². The predicted octanol–water partition coefficient (Wildman–Crippen LogP) is 1.40. The molecule has 0 saturated heterocycles. The fraction of sp³-hybridized carbons (Fsp3) is 0.462. The first-order chi connectivity index (χ1) is 9.02. The number of aliphatic hydroxyl groups excluding tert-OH is 1. The van der Waals surface area contributed by atoms with Crippen LogP contribution < -0.4 is 15.4 Å². The van der Waals surface area contributed by atoms with Crippen molar-refractivity contribution in [3.63, 3.8) is 0 Å². The van der Waals surface area contributed by atoms with Crippen molar-refractivity contribution >= 4 is 6.03 Å². The third-order valence-electron chi connectivity index (χ3n) is 2.52. The Labute approximate surface area is 111 Å². The molecule has 2 amide bonds. The van der Waals surface area contributed by atoms with Crippen LogP contribution in [-0.4, -0.2) is 30.9 Å². The van der Waals surface area contributed by atoms with Crippen LogP contribution in [0.3, 0.4) is 0 Å². The summed E-state index contributed by atoms with van der Waals surface area (Å²) in [7, 11) is 1.39. The van der Waals surface area contributed by atoms with E-state index in [9.17, 15) is 9.18 Å². The Morgan fingerprint density at radius 3 is 2.79 bits per heavy atom. The number of halogens is 1. The number of carbonyl (C=O) groups is 1. The minimum atomic E-state index is -0.462. The van der Waals surface area contributed by atoms with Gasteiger partial charge in [-0.1, -0.05) is 6.07 Å². The van der Waals surface area contributed by atoms with Crippen LogP contribution in [0.2, 0.25) is 0 Å². The van der Waals surface area contributed by atoms with Crippen molar-refractivity contribution in [3.05, 3.63) is 29.6 Å². The number of benzene rings is 1. The van der Waals surface area contributed by atoms with Gasteiger partial charge in [0.25, 0.3) is 0 Å². The summed E-state index contributed by atoms with van der Waals surface area (Å²) in [6, 6.07) is 4.15. The molecule has 6 heteroatoms. The number of nitrogens with one attached hydrogen (secondary N) is 2. The van der Waals surface area contributed by atoms with Gasteiger partial charge in [-0.15, -0.1) is 0 Å². The molecule has 1 rings (SSSR count). The molecule has 0 aliphatic carbocycles. The van der Waals surface area contributed by atoms with E-state index in [1.165, 1.54) is 19.2 Å². The lowest BCUT2D eigenvalue weighted by molar-refractivity contribution is 0.183. The van der Waals surface area contributed by atoms with E-state index in [0.29, 0.717) is 18.5 Å². The lowest BCUT2D eigenvalue weighted by atomic mass is 10.2. The summed E-state index contributed by atoms with van der Waals surface area (Å²) in [5.74, 6) is -0.290. The van der Waals surface area contributed by atoms with Crippen LogP contribution in [0.5, 0.6) is 5.75 Å². The number of hydrogen-bond acceptors (Lipinski definition) is 3. The molecule has 0 aliphatic heterocycles. The van der Waals surface area contributed by atoms with E-state index in [2.05, 4.69) is 10.6 Å². The highest BCUT2D eigenvalue weighted by Crippen LogP contribution is 2.17. The molecule has 106 valence electrons. The van der Waals surface area contributed by atoms with Gasteiger partial charge in [0.1, 0.15) is 0 Å². The zero-order valence-corrected chi connectivity index (χ0v) is 11.1. The Hall–Kier alpha value is -1.82. The highest BCUT2D eigenvalue weighted by Gasteiger charge is 2.05. The van der Waals surface area contributed by atoms with Gasteiger partial charge in [-0.05, 0) is 31.0 Å². The molecule has 1 atom stereocenters. The first-order valence-corrected chi connectivity index (χ1v) is 6.05. The Morgan fingerprint density at radius 1 is 1.47 bits per heavy atom. The number of aliphatic hydroxyl groups is 1. The number of hydrogen-bond donors (Lipinski definition) is 3. The summed E-state index contributed by atoms with van der Waals surface area (Å²) in [6.45, 7) is 2.27. The molecule has 0 fully saturated rings. The molecule has 0 radical (unpaired) electrons. The number of carbonyl (C=O) groups excluding carboxylic acids is 1. The van der Waals surface area contributed by atoms with E-state index < -0.39 is 11.9 Å². The van der Waals surface area contributed by atoms with Crippen LogP contribution in [0.4, 0.5) is 9.18 Å². The van der Waals surface area contributed by atoms with E-state index in [0.717, 1.165) is 0 Å². The van der Waals surface area contributed by atoms with Crippen LogP contribution in [0.25, 0.3) is 0 Å². The summed E-state index contributed by atoms with van der Waals surface area (Å²) in [6.07, 6.45) is 0.0425. The van der Waals surface area contributed by atoms with Crippen LogP contribution in [-0.2, 0) is 6.54 Å². The Balaban J connectivity index is 2.36. The fourth-order valence-corrected chi connectivity index (χ4v) is 1.46. The molecule has 0 bridgehead atoms. The van der Waals surface area contributed by atoms with Crippen molar-refractivity contribution in [2.24, 2.45) is 0 Å². The molecule has 1 aromatic rings. The molecule has 3 N–H and O–H groups in total. The van der Waals surface area contributed by atoms with Gasteiger partial charge in [-0.25, -0.2) is 9.18 Å². The third kappa shape index (κ3) is 5.56. The predicted molar refractivity (Wildman–Crippen MR) is 69.5 cm³/mol. The van der Waals surface area contributed by atoms with Gasteiger partial charge in [-0.3, -0.25) is 0 Å². The summed E-state index contributed by atoms with van der Waals surface area (Å²) in [4.78, 5) is 11.4. The second-order valence-corrected chi connectivity index (χ2v) is 4.22. The lowest BCUT2D eigenvalue weighted by Gasteiger charge is -2.09. The quantitative estimate of drug-likeness (QED) is 0.732. The summed E-state index contributed by atoms with van der Waals surface area (Å²) < 4.78 is 18.2. The molecule has 1 unspecified atom stereocenters. The van der Waals surface area contributed by atoms with E-state index in [4.69, 9.17) is 9.84 Å². The highest BCUT2D eigenvalue weighted by molar-refractivity contribution is 5.73. The molecular weight excluding hydrogens is 251 g/mol. The Morgan fingerprint density at radius 2 is 2.21 bits per heavy atom. The first kappa shape index (κ1) is 15.2. The molecule has 0 aromatic heterocycles. The maximum Gasteiger partial charge on any atom is 0.315 e. The third-order valence-corrected chi connectivity index (χ3v) is 2.52. The second-order valence-electron chi connectivity index (χ2n) is 4.22. The van der Waals surface area contributed by atoms with Crippen molar-refractivity contribution in [2.45, 2.75) is 26.0 Å². The van der Waals surface area contributed by atoms with Gasteiger partial charge in [0, 0.05) is 13.1 Å². The van der Waals surface area contributed by atoms with Crippen LogP contribution in [0.15, 0.2) is 18.2 Å². The number of ether oxygens (including phenoxy) is 1. The average molecular weight is 270 g/mol. The highest BCUT2D eigenvalue weighted by atomic mass is 19.1. The zero-order valence-electron chi connectivity index (χ0n) is 11.1. The molecule has 0 heterocycles. The second kappa shape index (κ2) is 7.58. The molecule has 19 heavy (non-hydrogen) atoms. The molecule has 0 aliphatic rings. The van der Waals surface area contributed by atoms with Crippen LogP contribution in [0, 0.1) is 5.82 Å². The van der Waals surface area contributed by atoms with Crippen LogP contribution in [0.1, 0.15) is 18.9 Å². The van der Waals surface area contributed by atoms with Gasteiger partial charge in [-0.2, -0.15) is 0 Å². The van der Waals surface area contributed by atoms with Gasteiger partial charge in [0.15, 0.2) is 11.6 Å². The molecule has 5 nitrogen and oxygen atoms in total. The zero-order chi connectivity index (χ0) is 14.3. The fourth-order valence-electron chi connectivity index (χ4n) is 1.46. The topological polar surface area (TPSA) is 70.6 Å². The lowest BCUT2D eigenvalue weighted by Crippen LogP contribution is -2.36. The molecular formula is C13H19FN2O3. The Bertz CT molecular complexity index is 424. The number of amides is 2. The maximum atomic E-state index is 13.4. The number of urea groups is 1. The monoisotopic (exact) mass is 270 g/mol. The van der Waals surface area contributed by atoms with Crippen molar-refractivity contribution in [1.29, 1.82) is 0 Å². The maximum absolute atomic E-state index is 13.4. The normalized spacial score (nSPS) is 11.8. The summed E-state index contributed by atoms with van der Waals surface area (Å²) >= 11 is 0. The van der Waals surface area contributed by atoms with Crippen molar-refractivity contribution in [3.8, 4) is 5.75 Å². The van der Waals surface area contributed by atoms with E-state index in [1.54, 1.807) is 13.0 Å². The molecule has 0 spiro atoms. The molecule has 0 saturated carbocycles. The van der Waals surface area contributed by atoms with Crippen molar-refractivity contribution in [1.82, 2.24) is 10.6 Å². The number of rotatable bonds is 6. The van der Waals surface area contributed by atoms with E-state index in [1.807, 2.05) is 0 Å². The van der Waals surface area contributed by atoms with Crippen LogP contribution >= 0.6 is 0 Å². The van der Waals surface area contributed by atoms with E-state index >= 15 is 0 Å². The first-order valence-electron chi connectivity index (χ1n) is 6.05. The standard InChI is InChI=1S/C13H19FN2O3/c1-9(17)5-6-15-13(18)16-8-10-3-4-12(19-2)11(14)7-10/h3-4,7,9,17H,5-6,8H2,1-2H3,(H2,15,16,18). The van der Waals surface area contributed by atoms with Gasteiger partial charge < -0.3 is 20.5 Å².